The van der Waals surface area contributed by atoms with Crippen LogP contribution in [0, 0.1) is 0 Å². The lowest BCUT2D eigenvalue weighted by Crippen LogP contribution is -2.17. The number of carbonyl (C=O) groups is 1. The lowest BCUT2D eigenvalue weighted by Gasteiger charge is -2.19. The van der Waals surface area contributed by atoms with Crippen molar-refractivity contribution in [1.82, 2.24) is 5.32 Å². The van der Waals surface area contributed by atoms with Gasteiger partial charge in [0.25, 0.3) is 5.91 Å². The number of ether oxygens (including phenoxy) is 2. The standard InChI is InChI=1S/C23H25NO3S2/c1-5-26-19-12-16(13-20-21(25)24-22(28)29-20)8-11-18(19)27-14-15-6-9-17(10-7-15)23(2,3)4/h6-13H,5,14H2,1-4H3,(H,24,25,28)/b20-13+. The molecule has 1 aliphatic rings. The van der Waals surface area contributed by atoms with Crippen LogP contribution in [-0.4, -0.2) is 16.8 Å². The number of carbonyl (C=O) groups excluding carboxylic acids is 1. The second kappa shape index (κ2) is 9.01. The summed E-state index contributed by atoms with van der Waals surface area (Å²) in [5, 5.41) is 2.62. The van der Waals surface area contributed by atoms with Gasteiger partial charge in [-0.2, -0.15) is 0 Å². The molecular weight excluding hydrogens is 402 g/mol. The molecule has 1 heterocycles. The highest BCUT2D eigenvalue weighted by Gasteiger charge is 2.22. The number of rotatable bonds is 6. The zero-order chi connectivity index (χ0) is 21.0. The van der Waals surface area contributed by atoms with Crippen molar-refractivity contribution < 1.29 is 14.3 Å². The van der Waals surface area contributed by atoms with Crippen molar-refractivity contribution in [3.8, 4) is 11.5 Å². The molecule has 0 aliphatic carbocycles. The molecule has 0 spiro atoms. The zero-order valence-electron chi connectivity index (χ0n) is 17.1. The second-order valence-electron chi connectivity index (χ2n) is 7.73. The largest absolute Gasteiger partial charge is 0.490 e. The summed E-state index contributed by atoms with van der Waals surface area (Å²) in [6.07, 6.45) is 1.80. The van der Waals surface area contributed by atoms with Crippen molar-refractivity contribution in [3.05, 3.63) is 64.1 Å². The zero-order valence-corrected chi connectivity index (χ0v) is 18.7. The molecule has 3 rings (SSSR count). The van der Waals surface area contributed by atoms with Crippen LogP contribution in [0.3, 0.4) is 0 Å². The molecule has 4 nitrogen and oxygen atoms in total. The summed E-state index contributed by atoms with van der Waals surface area (Å²) in [5.74, 6) is 1.16. The van der Waals surface area contributed by atoms with Gasteiger partial charge in [0.15, 0.2) is 11.5 Å². The molecule has 2 aromatic rings. The van der Waals surface area contributed by atoms with E-state index < -0.39 is 0 Å². The average Bonchev–Trinajstić information content (AvgIpc) is 2.98. The Morgan fingerprint density at radius 2 is 1.79 bits per heavy atom. The molecule has 0 aromatic heterocycles. The Morgan fingerprint density at radius 3 is 2.38 bits per heavy atom. The van der Waals surface area contributed by atoms with Gasteiger partial charge in [-0.3, -0.25) is 4.79 Å². The Balaban J connectivity index is 1.74. The van der Waals surface area contributed by atoms with Crippen LogP contribution in [0.4, 0.5) is 0 Å². The fraction of sp³-hybridized carbons (Fsp3) is 0.304. The molecular formula is C23H25NO3S2. The molecule has 1 saturated heterocycles. The Morgan fingerprint density at radius 1 is 1.07 bits per heavy atom. The van der Waals surface area contributed by atoms with Crippen molar-refractivity contribution >= 4 is 40.3 Å². The minimum atomic E-state index is -0.169. The molecule has 0 radical (unpaired) electrons. The van der Waals surface area contributed by atoms with Crippen LogP contribution in [0.15, 0.2) is 47.4 Å². The van der Waals surface area contributed by atoms with Crippen LogP contribution >= 0.6 is 24.0 Å². The number of hydrogen-bond acceptors (Lipinski definition) is 5. The highest BCUT2D eigenvalue weighted by molar-refractivity contribution is 8.26. The van der Waals surface area contributed by atoms with Crippen molar-refractivity contribution in [2.45, 2.75) is 39.7 Å². The number of thioether (sulfide) groups is 1. The highest BCUT2D eigenvalue weighted by Crippen LogP contribution is 2.32. The summed E-state index contributed by atoms with van der Waals surface area (Å²) < 4.78 is 12.2. The predicted molar refractivity (Wildman–Crippen MR) is 123 cm³/mol. The van der Waals surface area contributed by atoms with Crippen LogP contribution in [-0.2, 0) is 16.8 Å². The summed E-state index contributed by atoms with van der Waals surface area (Å²) in [5.41, 5.74) is 3.38. The highest BCUT2D eigenvalue weighted by atomic mass is 32.2. The molecule has 1 amide bonds. The third kappa shape index (κ3) is 5.61. The maximum atomic E-state index is 11.9. The fourth-order valence-electron chi connectivity index (χ4n) is 2.84. The third-order valence-corrected chi connectivity index (χ3v) is 5.58. The molecule has 1 N–H and O–H groups in total. The Labute approximate surface area is 181 Å². The van der Waals surface area contributed by atoms with Crippen molar-refractivity contribution in [3.63, 3.8) is 0 Å². The summed E-state index contributed by atoms with van der Waals surface area (Å²) in [7, 11) is 0. The molecule has 2 aromatic carbocycles. The van der Waals surface area contributed by atoms with E-state index >= 15 is 0 Å². The monoisotopic (exact) mass is 427 g/mol. The van der Waals surface area contributed by atoms with Crippen molar-refractivity contribution in [2.75, 3.05) is 6.61 Å². The normalized spacial score (nSPS) is 15.5. The van der Waals surface area contributed by atoms with E-state index in [9.17, 15) is 4.79 Å². The van der Waals surface area contributed by atoms with Crippen LogP contribution in [0.25, 0.3) is 6.08 Å². The number of nitrogens with one attached hydrogen (secondary N) is 1. The molecule has 0 saturated carbocycles. The topological polar surface area (TPSA) is 47.6 Å². The Bertz CT molecular complexity index is 944. The first-order valence-electron chi connectivity index (χ1n) is 9.50. The summed E-state index contributed by atoms with van der Waals surface area (Å²) in [6.45, 7) is 9.51. The van der Waals surface area contributed by atoms with E-state index in [0.717, 1.165) is 11.1 Å². The van der Waals surface area contributed by atoms with E-state index in [1.807, 2.05) is 25.1 Å². The van der Waals surface area contributed by atoms with E-state index in [1.165, 1.54) is 17.3 Å². The average molecular weight is 428 g/mol. The second-order valence-corrected chi connectivity index (χ2v) is 9.45. The molecule has 29 heavy (non-hydrogen) atoms. The summed E-state index contributed by atoms with van der Waals surface area (Å²) in [4.78, 5) is 12.4. The smallest absolute Gasteiger partial charge is 0.263 e. The predicted octanol–water partition coefficient (Wildman–Crippen LogP) is 5.45. The van der Waals surface area contributed by atoms with Gasteiger partial charge >= 0.3 is 0 Å². The van der Waals surface area contributed by atoms with E-state index in [2.05, 4.69) is 50.4 Å². The lowest BCUT2D eigenvalue weighted by atomic mass is 9.87. The van der Waals surface area contributed by atoms with Gasteiger partial charge in [-0.25, -0.2) is 0 Å². The van der Waals surface area contributed by atoms with Gasteiger partial charge in [-0.05, 0) is 47.2 Å². The van der Waals surface area contributed by atoms with Crippen LogP contribution in [0.2, 0.25) is 0 Å². The quantitative estimate of drug-likeness (QED) is 0.491. The van der Waals surface area contributed by atoms with Gasteiger partial charge in [0.1, 0.15) is 10.9 Å². The molecule has 152 valence electrons. The van der Waals surface area contributed by atoms with Gasteiger partial charge in [0, 0.05) is 0 Å². The molecule has 6 heteroatoms. The van der Waals surface area contributed by atoms with Crippen molar-refractivity contribution in [2.24, 2.45) is 0 Å². The van der Waals surface area contributed by atoms with E-state index in [4.69, 9.17) is 21.7 Å². The molecule has 1 aliphatic heterocycles. The van der Waals surface area contributed by atoms with Gasteiger partial charge in [0.2, 0.25) is 0 Å². The van der Waals surface area contributed by atoms with Gasteiger partial charge in [-0.15, -0.1) is 0 Å². The van der Waals surface area contributed by atoms with E-state index in [-0.39, 0.29) is 11.3 Å². The van der Waals surface area contributed by atoms with Gasteiger partial charge in [0.05, 0.1) is 11.5 Å². The first-order valence-corrected chi connectivity index (χ1v) is 10.7. The van der Waals surface area contributed by atoms with E-state index in [1.54, 1.807) is 6.08 Å². The molecule has 0 atom stereocenters. The number of benzene rings is 2. The summed E-state index contributed by atoms with van der Waals surface area (Å²) in [6, 6.07) is 14.1. The molecule has 0 bridgehead atoms. The van der Waals surface area contributed by atoms with Crippen molar-refractivity contribution in [1.29, 1.82) is 0 Å². The van der Waals surface area contributed by atoms with Gasteiger partial charge < -0.3 is 14.8 Å². The number of amides is 1. The summed E-state index contributed by atoms with van der Waals surface area (Å²) >= 11 is 6.29. The van der Waals surface area contributed by atoms with Crippen LogP contribution < -0.4 is 14.8 Å². The Hall–Kier alpha value is -2.31. The molecule has 1 fully saturated rings. The first kappa shape index (κ1) is 21.4. The number of hydrogen-bond donors (Lipinski definition) is 1. The Kier molecular flexibility index (Phi) is 6.65. The van der Waals surface area contributed by atoms with Crippen LogP contribution in [0.5, 0.6) is 11.5 Å². The molecule has 0 unspecified atom stereocenters. The SMILES string of the molecule is CCOc1cc(/C=C2/SC(=S)NC2=O)ccc1OCc1ccc(C(C)(C)C)cc1. The minimum Gasteiger partial charge on any atom is -0.490 e. The first-order chi connectivity index (χ1) is 13.8. The van der Waals surface area contributed by atoms with Gasteiger partial charge in [-0.1, -0.05) is 75.1 Å². The van der Waals surface area contributed by atoms with Crippen LogP contribution in [0.1, 0.15) is 44.4 Å². The minimum absolute atomic E-state index is 0.129. The maximum absolute atomic E-state index is 11.9. The number of thiocarbonyl (C=S) groups is 1. The third-order valence-electron chi connectivity index (χ3n) is 4.42. The maximum Gasteiger partial charge on any atom is 0.263 e. The van der Waals surface area contributed by atoms with E-state index in [0.29, 0.717) is 33.9 Å². The fourth-order valence-corrected chi connectivity index (χ4v) is 3.88. The lowest BCUT2D eigenvalue weighted by molar-refractivity contribution is -0.115.